The van der Waals surface area contributed by atoms with E-state index in [0.29, 0.717) is 10.8 Å². The molecule has 0 atom stereocenters. The number of benzene rings is 2. The number of nitrogens with zero attached hydrogens (tertiary/aromatic N) is 3. The predicted molar refractivity (Wildman–Crippen MR) is 107 cm³/mol. The van der Waals surface area contributed by atoms with E-state index in [2.05, 4.69) is 20.3 Å². The minimum atomic E-state index is -4.23. The maximum absolute atomic E-state index is 12.3. The second-order valence-corrected chi connectivity index (χ2v) is 8.09. The van der Waals surface area contributed by atoms with Crippen LogP contribution in [0.3, 0.4) is 0 Å². The van der Waals surface area contributed by atoms with Crippen LogP contribution in [0.15, 0.2) is 53.4 Å². The van der Waals surface area contributed by atoms with Gasteiger partial charge in [-0.1, -0.05) is 35.3 Å². The van der Waals surface area contributed by atoms with Crippen molar-refractivity contribution in [2.45, 2.75) is 4.90 Å². The van der Waals surface area contributed by atoms with Crippen molar-refractivity contribution in [3.8, 4) is 11.8 Å². The van der Waals surface area contributed by atoms with Crippen molar-refractivity contribution < 1.29 is 17.9 Å². The van der Waals surface area contributed by atoms with Crippen LogP contribution in [0.5, 0.6) is 11.8 Å². The van der Waals surface area contributed by atoms with E-state index >= 15 is 0 Å². The fourth-order valence-corrected chi connectivity index (χ4v) is 3.71. The quantitative estimate of drug-likeness (QED) is 0.569. The molecule has 3 aromatic rings. The minimum absolute atomic E-state index is 0.0466. The Labute approximate surface area is 180 Å². The van der Waals surface area contributed by atoms with Crippen LogP contribution in [-0.2, 0) is 10.0 Å². The lowest BCUT2D eigenvalue weighted by atomic mass is 10.3. The number of hydrogen-bond acceptors (Lipinski definition) is 7. The standard InChI is InChI=1S/C16H10Cl3N5O4S/c17-9-5-7-10(8-6-9)28-16-21-13(19)20-14(23-16)22-15(25)24-29(26,27)12-4-2-1-3-11(12)18/h1-8H,(H2,20,21,22,23,24,25). The first kappa shape index (κ1) is 21.1. The van der Waals surface area contributed by atoms with Gasteiger partial charge in [-0.2, -0.15) is 15.0 Å². The van der Waals surface area contributed by atoms with Gasteiger partial charge in [0, 0.05) is 5.02 Å². The van der Waals surface area contributed by atoms with Gasteiger partial charge in [-0.15, -0.1) is 0 Å². The summed E-state index contributed by atoms with van der Waals surface area (Å²) in [4.78, 5) is 23.2. The number of anilines is 1. The van der Waals surface area contributed by atoms with Gasteiger partial charge in [0.2, 0.25) is 11.2 Å². The largest absolute Gasteiger partial charge is 0.424 e. The Kier molecular flexibility index (Phi) is 6.38. The molecule has 0 aliphatic rings. The van der Waals surface area contributed by atoms with Crippen molar-refractivity contribution in [3.05, 3.63) is 63.9 Å². The number of urea groups is 1. The molecule has 0 aliphatic carbocycles. The maximum atomic E-state index is 12.3. The fourth-order valence-electron chi connectivity index (χ4n) is 2.01. The molecule has 9 nitrogen and oxygen atoms in total. The molecule has 1 aromatic heterocycles. The first-order chi connectivity index (χ1) is 13.7. The number of amides is 2. The molecule has 0 saturated heterocycles. The summed E-state index contributed by atoms with van der Waals surface area (Å²) in [5.74, 6) is 0.0224. The highest BCUT2D eigenvalue weighted by molar-refractivity contribution is 7.90. The second kappa shape index (κ2) is 8.78. The van der Waals surface area contributed by atoms with Crippen LogP contribution < -0.4 is 14.8 Å². The number of rotatable bonds is 5. The predicted octanol–water partition coefficient (Wildman–Crippen LogP) is 4.13. The van der Waals surface area contributed by atoms with E-state index in [9.17, 15) is 13.2 Å². The van der Waals surface area contributed by atoms with Gasteiger partial charge in [0.05, 0.1) is 5.02 Å². The Hall–Kier alpha value is -2.66. The monoisotopic (exact) mass is 473 g/mol. The van der Waals surface area contributed by atoms with Crippen molar-refractivity contribution >= 4 is 56.8 Å². The Morgan fingerprint density at radius 3 is 2.31 bits per heavy atom. The smallest absolute Gasteiger partial charge is 0.335 e. The van der Waals surface area contributed by atoms with Gasteiger partial charge in [0.25, 0.3) is 10.0 Å². The molecule has 0 fully saturated rings. The SMILES string of the molecule is O=C(Nc1nc(Cl)nc(Oc2ccc(Cl)cc2)n1)NS(=O)(=O)c1ccccc1Cl. The summed E-state index contributed by atoms with van der Waals surface area (Å²) in [5, 5.41) is 2.32. The third-order valence-electron chi connectivity index (χ3n) is 3.19. The molecule has 0 saturated carbocycles. The van der Waals surface area contributed by atoms with Gasteiger partial charge in [-0.25, -0.2) is 17.9 Å². The third-order valence-corrected chi connectivity index (χ3v) is 5.44. The first-order valence-corrected chi connectivity index (χ1v) is 10.3. The van der Waals surface area contributed by atoms with Gasteiger partial charge in [0.15, 0.2) is 0 Å². The van der Waals surface area contributed by atoms with E-state index in [4.69, 9.17) is 39.5 Å². The Bertz CT molecular complexity index is 1160. The second-order valence-electron chi connectivity index (χ2n) is 5.26. The summed E-state index contributed by atoms with van der Waals surface area (Å²) in [5.41, 5.74) is 0. The lowest BCUT2D eigenvalue weighted by Gasteiger charge is -2.09. The highest BCUT2D eigenvalue weighted by Gasteiger charge is 2.21. The van der Waals surface area contributed by atoms with Gasteiger partial charge < -0.3 is 4.74 Å². The molecule has 150 valence electrons. The van der Waals surface area contributed by atoms with Crippen molar-refractivity contribution in [1.82, 2.24) is 19.7 Å². The van der Waals surface area contributed by atoms with Crippen LogP contribution in [0.25, 0.3) is 0 Å². The number of aromatic nitrogens is 3. The zero-order valence-electron chi connectivity index (χ0n) is 14.1. The molecule has 2 aromatic carbocycles. The van der Waals surface area contributed by atoms with Gasteiger partial charge in [-0.05, 0) is 48.0 Å². The molecule has 0 unspecified atom stereocenters. The number of carbonyl (C=O) groups excluding carboxylic acids is 1. The number of ether oxygens (including phenoxy) is 1. The van der Waals surface area contributed by atoms with E-state index in [1.54, 1.807) is 35.1 Å². The van der Waals surface area contributed by atoms with E-state index in [1.165, 1.54) is 18.2 Å². The van der Waals surface area contributed by atoms with Gasteiger partial charge >= 0.3 is 12.0 Å². The fraction of sp³-hybridized carbons (Fsp3) is 0. The van der Waals surface area contributed by atoms with E-state index < -0.39 is 16.1 Å². The van der Waals surface area contributed by atoms with Crippen molar-refractivity contribution in [2.24, 2.45) is 0 Å². The molecule has 0 aliphatic heterocycles. The highest BCUT2D eigenvalue weighted by Crippen LogP contribution is 2.22. The summed E-state index contributed by atoms with van der Waals surface area (Å²) in [7, 11) is -4.23. The normalized spacial score (nSPS) is 11.0. The molecular formula is C16H10Cl3N5O4S. The van der Waals surface area contributed by atoms with Crippen molar-refractivity contribution in [3.63, 3.8) is 0 Å². The minimum Gasteiger partial charge on any atom is -0.424 e. The molecule has 1 heterocycles. The number of sulfonamides is 1. The first-order valence-electron chi connectivity index (χ1n) is 7.66. The molecule has 13 heteroatoms. The zero-order chi connectivity index (χ0) is 21.0. The summed E-state index contributed by atoms with van der Waals surface area (Å²) in [6.07, 6.45) is 0. The summed E-state index contributed by atoms with van der Waals surface area (Å²) >= 11 is 17.5. The van der Waals surface area contributed by atoms with Crippen LogP contribution in [0.1, 0.15) is 0 Å². The van der Waals surface area contributed by atoms with Crippen molar-refractivity contribution in [2.75, 3.05) is 5.32 Å². The summed E-state index contributed by atoms with van der Waals surface area (Å²) in [6.45, 7) is 0. The molecule has 2 amide bonds. The highest BCUT2D eigenvalue weighted by atomic mass is 35.5. The molecule has 29 heavy (non-hydrogen) atoms. The van der Waals surface area contributed by atoms with Crippen LogP contribution in [0, 0.1) is 0 Å². The van der Waals surface area contributed by atoms with E-state index in [0.717, 1.165) is 0 Å². The van der Waals surface area contributed by atoms with Crippen LogP contribution in [0.4, 0.5) is 10.7 Å². The molecule has 2 N–H and O–H groups in total. The third kappa shape index (κ3) is 5.67. The average molecular weight is 475 g/mol. The average Bonchev–Trinajstić information content (AvgIpc) is 2.63. The lowest BCUT2D eigenvalue weighted by Crippen LogP contribution is -2.35. The number of hydrogen-bond donors (Lipinski definition) is 2. The number of nitrogens with one attached hydrogen (secondary N) is 2. The maximum Gasteiger partial charge on any atom is 0.335 e. The number of carbonyl (C=O) groups is 1. The topological polar surface area (TPSA) is 123 Å². The van der Waals surface area contributed by atoms with Crippen molar-refractivity contribution in [1.29, 1.82) is 0 Å². The van der Waals surface area contributed by atoms with Gasteiger partial charge in [0.1, 0.15) is 10.6 Å². The van der Waals surface area contributed by atoms with E-state index in [-0.39, 0.29) is 27.2 Å². The van der Waals surface area contributed by atoms with Crippen LogP contribution in [0.2, 0.25) is 15.3 Å². The Morgan fingerprint density at radius 2 is 1.62 bits per heavy atom. The van der Waals surface area contributed by atoms with Gasteiger partial charge in [-0.3, -0.25) is 5.32 Å². The molecule has 0 radical (unpaired) electrons. The summed E-state index contributed by atoms with van der Waals surface area (Å²) in [6, 6.07) is 10.6. The molecule has 3 rings (SSSR count). The Morgan fingerprint density at radius 1 is 0.931 bits per heavy atom. The molecule has 0 bridgehead atoms. The lowest BCUT2D eigenvalue weighted by molar-refractivity contribution is 0.256. The zero-order valence-corrected chi connectivity index (χ0v) is 17.2. The van der Waals surface area contributed by atoms with Crippen LogP contribution in [-0.4, -0.2) is 29.4 Å². The molecule has 0 spiro atoms. The summed E-state index contributed by atoms with van der Waals surface area (Å²) < 4.78 is 31.8. The van der Waals surface area contributed by atoms with Crippen LogP contribution >= 0.6 is 34.8 Å². The van der Waals surface area contributed by atoms with E-state index in [1.807, 2.05) is 0 Å². The number of halogens is 3. The Balaban J connectivity index is 1.74. The molecular weight excluding hydrogens is 465 g/mol.